The minimum atomic E-state index is 0.778. The van der Waals surface area contributed by atoms with Crippen LogP contribution in [0.5, 0.6) is 0 Å². The van der Waals surface area contributed by atoms with E-state index in [1.807, 2.05) is 20.2 Å². The van der Waals surface area contributed by atoms with Crippen molar-refractivity contribution in [1.29, 1.82) is 0 Å². The lowest BCUT2D eigenvalue weighted by atomic mass is 10.4. The first-order valence-electron chi connectivity index (χ1n) is 4.96. The largest absolute Gasteiger partial charge is 0.382 e. The molecular formula is C9H18N4O. The van der Waals surface area contributed by atoms with E-state index >= 15 is 0 Å². The van der Waals surface area contributed by atoms with Crippen LogP contribution in [0.4, 0.5) is 0 Å². The molecule has 1 heterocycles. The third-order valence-corrected chi connectivity index (χ3v) is 1.80. The highest BCUT2D eigenvalue weighted by Gasteiger charge is 1.96. The Kier molecular flexibility index (Phi) is 5.17. The minimum absolute atomic E-state index is 0.778. The second-order valence-corrected chi connectivity index (χ2v) is 3.11. The summed E-state index contributed by atoms with van der Waals surface area (Å²) in [6, 6.07) is 0. The zero-order valence-corrected chi connectivity index (χ0v) is 8.86. The van der Waals surface area contributed by atoms with E-state index in [1.54, 1.807) is 4.68 Å². The number of aryl methyl sites for hydroxylation is 1. The SMILES string of the molecule is CCOCCCNCc1cn(C)nn1. The number of hydrogen-bond acceptors (Lipinski definition) is 4. The molecule has 0 bridgehead atoms. The van der Waals surface area contributed by atoms with Gasteiger partial charge in [0.15, 0.2) is 0 Å². The van der Waals surface area contributed by atoms with E-state index in [-0.39, 0.29) is 0 Å². The summed E-state index contributed by atoms with van der Waals surface area (Å²) in [5.74, 6) is 0. The molecule has 5 heteroatoms. The number of rotatable bonds is 7. The van der Waals surface area contributed by atoms with Crippen molar-refractivity contribution >= 4 is 0 Å². The van der Waals surface area contributed by atoms with E-state index < -0.39 is 0 Å². The third kappa shape index (κ3) is 4.34. The molecule has 0 amide bonds. The van der Waals surface area contributed by atoms with Gasteiger partial charge in [0.1, 0.15) is 0 Å². The van der Waals surface area contributed by atoms with Crippen molar-refractivity contribution in [2.75, 3.05) is 19.8 Å². The van der Waals surface area contributed by atoms with Gasteiger partial charge >= 0.3 is 0 Å². The predicted molar refractivity (Wildman–Crippen MR) is 53.8 cm³/mol. The van der Waals surface area contributed by atoms with E-state index in [0.29, 0.717) is 0 Å². The number of nitrogens with one attached hydrogen (secondary N) is 1. The topological polar surface area (TPSA) is 52.0 Å². The van der Waals surface area contributed by atoms with Crippen LogP contribution in [0.3, 0.4) is 0 Å². The standard InChI is InChI=1S/C9H18N4O/c1-3-14-6-4-5-10-7-9-8-13(2)12-11-9/h8,10H,3-7H2,1-2H3. The second kappa shape index (κ2) is 6.50. The molecule has 0 saturated heterocycles. The van der Waals surface area contributed by atoms with Crippen LogP contribution >= 0.6 is 0 Å². The van der Waals surface area contributed by atoms with Crippen LogP contribution in [0.1, 0.15) is 19.0 Å². The molecule has 0 unspecified atom stereocenters. The molecule has 5 nitrogen and oxygen atoms in total. The fourth-order valence-electron chi connectivity index (χ4n) is 1.14. The Morgan fingerprint density at radius 1 is 1.57 bits per heavy atom. The van der Waals surface area contributed by atoms with E-state index in [1.165, 1.54) is 0 Å². The van der Waals surface area contributed by atoms with E-state index in [4.69, 9.17) is 4.74 Å². The van der Waals surface area contributed by atoms with Crippen molar-refractivity contribution in [3.05, 3.63) is 11.9 Å². The monoisotopic (exact) mass is 198 g/mol. The van der Waals surface area contributed by atoms with E-state index in [9.17, 15) is 0 Å². The lowest BCUT2D eigenvalue weighted by Crippen LogP contribution is -2.16. The molecule has 0 saturated carbocycles. The number of aromatic nitrogens is 3. The highest BCUT2D eigenvalue weighted by Crippen LogP contribution is 1.89. The molecule has 1 aromatic rings. The Hall–Kier alpha value is -0.940. The van der Waals surface area contributed by atoms with Gasteiger partial charge in [0.25, 0.3) is 0 Å². The van der Waals surface area contributed by atoms with Gasteiger partial charge < -0.3 is 10.1 Å². The zero-order chi connectivity index (χ0) is 10.2. The number of ether oxygens (including phenoxy) is 1. The first-order chi connectivity index (χ1) is 6.83. The Balaban J connectivity index is 1.99. The first kappa shape index (κ1) is 11.1. The summed E-state index contributed by atoms with van der Waals surface area (Å²) in [5.41, 5.74) is 0.976. The molecule has 0 aliphatic carbocycles. The molecule has 14 heavy (non-hydrogen) atoms. The highest BCUT2D eigenvalue weighted by molar-refractivity contribution is 4.90. The second-order valence-electron chi connectivity index (χ2n) is 3.11. The normalized spacial score (nSPS) is 10.7. The van der Waals surface area contributed by atoms with Gasteiger partial charge in [-0.3, -0.25) is 4.68 Å². The van der Waals surface area contributed by atoms with Crippen molar-refractivity contribution in [2.24, 2.45) is 7.05 Å². The quantitative estimate of drug-likeness (QED) is 0.642. The van der Waals surface area contributed by atoms with Crippen LogP contribution < -0.4 is 5.32 Å². The van der Waals surface area contributed by atoms with Gasteiger partial charge in [0.05, 0.1) is 5.69 Å². The fraction of sp³-hybridized carbons (Fsp3) is 0.778. The summed E-state index contributed by atoms with van der Waals surface area (Å²) in [6.45, 7) is 5.36. The molecule has 0 atom stereocenters. The summed E-state index contributed by atoms with van der Waals surface area (Å²) in [7, 11) is 1.87. The maximum absolute atomic E-state index is 5.22. The lowest BCUT2D eigenvalue weighted by Gasteiger charge is -2.02. The molecule has 0 radical (unpaired) electrons. The molecule has 1 rings (SSSR count). The van der Waals surface area contributed by atoms with Crippen LogP contribution in [0.2, 0.25) is 0 Å². The maximum atomic E-state index is 5.22. The van der Waals surface area contributed by atoms with Crippen molar-refractivity contribution < 1.29 is 4.74 Å². The summed E-state index contributed by atoms with van der Waals surface area (Å²) in [5, 5.41) is 11.1. The van der Waals surface area contributed by atoms with Gasteiger partial charge in [-0.2, -0.15) is 0 Å². The van der Waals surface area contributed by atoms with Crippen LogP contribution in [0.25, 0.3) is 0 Å². The minimum Gasteiger partial charge on any atom is -0.382 e. The number of hydrogen-bond donors (Lipinski definition) is 1. The van der Waals surface area contributed by atoms with Crippen molar-refractivity contribution in [3.8, 4) is 0 Å². The third-order valence-electron chi connectivity index (χ3n) is 1.80. The predicted octanol–water partition coefficient (Wildman–Crippen LogP) is 0.331. The number of nitrogens with zero attached hydrogens (tertiary/aromatic N) is 3. The van der Waals surface area contributed by atoms with Gasteiger partial charge in [-0.1, -0.05) is 5.21 Å². The smallest absolute Gasteiger partial charge is 0.0964 e. The molecule has 0 spiro atoms. The summed E-state index contributed by atoms with van der Waals surface area (Å²) < 4.78 is 6.92. The Bertz CT molecular complexity index is 249. The molecule has 1 aromatic heterocycles. The first-order valence-corrected chi connectivity index (χ1v) is 4.96. The van der Waals surface area contributed by atoms with Crippen molar-refractivity contribution in [3.63, 3.8) is 0 Å². The lowest BCUT2D eigenvalue weighted by molar-refractivity contribution is 0.144. The maximum Gasteiger partial charge on any atom is 0.0964 e. The highest BCUT2D eigenvalue weighted by atomic mass is 16.5. The molecule has 1 N–H and O–H groups in total. The average Bonchev–Trinajstić information content (AvgIpc) is 2.58. The van der Waals surface area contributed by atoms with Gasteiger partial charge in [-0.25, -0.2) is 0 Å². The van der Waals surface area contributed by atoms with Crippen LogP contribution in [-0.2, 0) is 18.3 Å². The zero-order valence-electron chi connectivity index (χ0n) is 8.86. The fourth-order valence-corrected chi connectivity index (χ4v) is 1.14. The van der Waals surface area contributed by atoms with Gasteiger partial charge in [0, 0.05) is 33.0 Å². The van der Waals surface area contributed by atoms with Gasteiger partial charge in [0.2, 0.25) is 0 Å². The molecule has 80 valence electrons. The molecule has 0 fully saturated rings. The van der Waals surface area contributed by atoms with E-state index in [2.05, 4.69) is 15.6 Å². The van der Waals surface area contributed by atoms with Crippen LogP contribution in [0.15, 0.2) is 6.20 Å². The van der Waals surface area contributed by atoms with E-state index in [0.717, 1.165) is 38.4 Å². The van der Waals surface area contributed by atoms with Crippen LogP contribution in [0, 0.1) is 0 Å². The van der Waals surface area contributed by atoms with Gasteiger partial charge in [-0.05, 0) is 19.9 Å². The summed E-state index contributed by atoms with van der Waals surface area (Å²) in [6.07, 6.45) is 2.95. The molecule has 0 aromatic carbocycles. The van der Waals surface area contributed by atoms with Crippen LogP contribution in [-0.4, -0.2) is 34.8 Å². The molecular weight excluding hydrogens is 180 g/mol. The average molecular weight is 198 g/mol. The van der Waals surface area contributed by atoms with Gasteiger partial charge in [-0.15, -0.1) is 5.10 Å². The van der Waals surface area contributed by atoms with Crippen molar-refractivity contribution in [2.45, 2.75) is 19.9 Å². The van der Waals surface area contributed by atoms with Crippen molar-refractivity contribution in [1.82, 2.24) is 20.3 Å². The summed E-state index contributed by atoms with van der Waals surface area (Å²) >= 11 is 0. The Labute approximate surface area is 84.4 Å². The molecule has 0 aliphatic rings. The summed E-state index contributed by atoms with van der Waals surface area (Å²) in [4.78, 5) is 0. The molecule has 0 aliphatic heterocycles. The Morgan fingerprint density at radius 3 is 3.07 bits per heavy atom. The Morgan fingerprint density at radius 2 is 2.43 bits per heavy atom.